The van der Waals surface area contributed by atoms with E-state index >= 15 is 0 Å². The van der Waals surface area contributed by atoms with Crippen LogP contribution in [-0.4, -0.2) is 34.3 Å². The van der Waals surface area contributed by atoms with Gasteiger partial charge < -0.3 is 15.7 Å². The van der Waals surface area contributed by atoms with E-state index in [0.29, 0.717) is 0 Å². The summed E-state index contributed by atoms with van der Waals surface area (Å²) in [6.07, 6.45) is -1.77. The Morgan fingerprint density at radius 1 is 1.37 bits per heavy atom. The molecule has 1 saturated carbocycles. The average molecular weight is 276 g/mol. The Morgan fingerprint density at radius 2 is 2.05 bits per heavy atom. The summed E-state index contributed by atoms with van der Waals surface area (Å²) < 4.78 is 38.0. The molecule has 3 N–H and O–H groups in total. The maximum absolute atomic E-state index is 12.7. The lowest BCUT2D eigenvalue weighted by Crippen LogP contribution is -2.42. The van der Waals surface area contributed by atoms with Crippen molar-refractivity contribution >= 4 is 11.8 Å². The molecule has 0 saturated heterocycles. The van der Waals surface area contributed by atoms with Crippen LogP contribution in [0.15, 0.2) is 6.07 Å². The summed E-state index contributed by atoms with van der Waals surface area (Å²) in [6, 6.07) is 0.993. The molecular formula is C11H15F3N4O. The second-order valence-corrected chi connectivity index (χ2v) is 4.47. The van der Waals surface area contributed by atoms with Gasteiger partial charge in [-0.25, -0.2) is 4.98 Å². The number of rotatable bonds is 4. The zero-order chi connectivity index (χ0) is 14.0. The van der Waals surface area contributed by atoms with Gasteiger partial charge in [-0.1, -0.05) is 0 Å². The molecule has 8 heteroatoms. The van der Waals surface area contributed by atoms with Crippen LogP contribution in [0.25, 0.3) is 0 Å². The number of aliphatic hydroxyl groups excluding tert-OH is 1. The lowest BCUT2D eigenvalue weighted by Gasteiger charge is -2.38. The molecule has 106 valence electrons. The van der Waals surface area contributed by atoms with Gasteiger partial charge in [0.25, 0.3) is 0 Å². The van der Waals surface area contributed by atoms with E-state index in [-0.39, 0.29) is 25.0 Å². The first kappa shape index (κ1) is 13.9. The molecule has 2 rings (SSSR count). The fourth-order valence-electron chi connectivity index (χ4n) is 2.04. The van der Waals surface area contributed by atoms with Crippen molar-refractivity contribution in [2.45, 2.75) is 31.5 Å². The van der Waals surface area contributed by atoms with Crippen LogP contribution in [0.2, 0.25) is 0 Å². The van der Waals surface area contributed by atoms with E-state index in [9.17, 15) is 13.2 Å². The monoisotopic (exact) mass is 276 g/mol. The van der Waals surface area contributed by atoms with E-state index in [4.69, 9.17) is 10.8 Å². The van der Waals surface area contributed by atoms with Gasteiger partial charge in [0.05, 0.1) is 6.61 Å². The summed E-state index contributed by atoms with van der Waals surface area (Å²) >= 11 is 0. The first-order valence-electron chi connectivity index (χ1n) is 6.01. The molecule has 0 aromatic carbocycles. The molecule has 1 aliphatic rings. The van der Waals surface area contributed by atoms with Crippen molar-refractivity contribution in [2.24, 2.45) is 0 Å². The Kier molecular flexibility index (Phi) is 3.79. The van der Waals surface area contributed by atoms with Gasteiger partial charge in [0.15, 0.2) is 5.69 Å². The molecule has 0 aliphatic heterocycles. The number of hydrogen-bond donors (Lipinski definition) is 2. The zero-order valence-electron chi connectivity index (χ0n) is 10.2. The van der Waals surface area contributed by atoms with Crippen LogP contribution >= 0.6 is 0 Å². The van der Waals surface area contributed by atoms with Crippen LogP contribution < -0.4 is 10.6 Å². The van der Waals surface area contributed by atoms with Crippen molar-refractivity contribution in [3.05, 3.63) is 11.8 Å². The second kappa shape index (κ2) is 5.20. The Balaban J connectivity index is 2.33. The molecule has 0 spiro atoms. The van der Waals surface area contributed by atoms with Gasteiger partial charge >= 0.3 is 6.18 Å². The normalized spacial score (nSPS) is 16.2. The minimum absolute atomic E-state index is 0.113. The lowest BCUT2D eigenvalue weighted by molar-refractivity contribution is -0.141. The highest BCUT2D eigenvalue weighted by molar-refractivity contribution is 5.45. The van der Waals surface area contributed by atoms with Crippen LogP contribution in [0.5, 0.6) is 0 Å². The molecule has 0 unspecified atom stereocenters. The molecule has 19 heavy (non-hydrogen) atoms. The van der Waals surface area contributed by atoms with Crippen molar-refractivity contribution in [3.8, 4) is 0 Å². The number of anilines is 2. The summed E-state index contributed by atoms with van der Waals surface area (Å²) in [7, 11) is 0. The number of nitrogens with two attached hydrogens (primary N) is 1. The van der Waals surface area contributed by atoms with Crippen molar-refractivity contribution in [1.82, 2.24) is 9.97 Å². The Hall–Kier alpha value is -1.57. The maximum atomic E-state index is 12.7. The highest BCUT2D eigenvalue weighted by atomic mass is 19.4. The molecule has 1 aromatic rings. The number of nitrogen functional groups attached to an aromatic ring is 1. The minimum atomic E-state index is -4.56. The van der Waals surface area contributed by atoms with Crippen molar-refractivity contribution < 1.29 is 18.3 Å². The highest BCUT2D eigenvalue weighted by Crippen LogP contribution is 2.33. The van der Waals surface area contributed by atoms with E-state index in [1.54, 1.807) is 4.90 Å². The predicted octanol–water partition coefficient (Wildman–Crippen LogP) is 1.43. The predicted molar refractivity (Wildman–Crippen MR) is 63.5 cm³/mol. The lowest BCUT2D eigenvalue weighted by atomic mass is 9.91. The number of alkyl halides is 3. The van der Waals surface area contributed by atoms with Gasteiger partial charge in [-0.05, 0) is 19.3 Å². The van der Waals surface area contributed by atoms with Gasteiger partial charge in [0, 0.05) is 18.7 Å². The Morgan fingerprint density at radius 3 is 2.53 bits per heavy atom. The first-order valence-corrected chi connectivity index (χ1v) is 6.01. The number of hydrogen-bond acceptors (Lipinski definition) is 5. The summed E-state index contributed by atoms with van der Waals surface area (Å²) in [4.78, 5) is 8.72. The molecule has 1 fully saturated rings. The van der Waals surface area contributed by atoms with E-state index in [1.165, 1.54) is 0 Å². The summed E-state index contributed by atoms with van der Waals surface area (Å²) in [5.41, 5.74) is 4.28. The quantitative estimate of drug-likeness (QED) is 0.870. The van der Waals surface area contributed by atoms with Crippen molar-refractivity contribution in [2.75, 3.05) is 23.8 Å². The topological polar surface area (TPSA) is 75.3 Å². The Labute approximate surface area is 108 Å². The van der Waals surface area contributed by atoms with E-state index in [1.807, 2.05) is 0 Å². The molecule has 0 radical (unpaired) electrons. The molecule has 0 bridgehead atoms. The summed E-state index contributed by atoms with van der Waals surface area (Å²) in [6.45, 7) is 0.0835. The van der Waals surface area contributed by atoms with Crippen LogP contribution in [0.1, 0.15) is 25.0 Å². The largest absolute Gasteiger partial charge is 0.433 e. The third-order valence-corrected chi connectivity index (χ3v) is 3.17. The summed E-state index contributed by atoms with van der Waals surface area (Å²) in [5, 5.41) is 9.03. The molecule has 5 nitrogen and oxygen atoms in total. The molecule has 1 aliphatic carbocycles. The van der Waals surface area contributed by atoms with Gasteiger partial charge in [-0.15, -0.1) is 0 Å². The SMILES string of the molecule is Nc1nc(N(CCO)C2CCC2)cc(C(F)(F)F)n1. The smallest absolute Gasteiger partial charge is 0.395 e. The van der Waals surface area contributed by atoms with E-state index < -0.39 is 17.8 Å². The first-order chi connectivity index (χ1) is 8.91. The third kappa shape index (κ3) is 3.06. The van der Waals surface area contributed by atoms with Crippen molar-refractivity contribution in [3.63, 3.8) is 0 Å². The van der Waals surface area contributed by atoms with Gasteiger partial charge in [0.1, 0.15) is 5.82 Å². The molecule has 0 amide bonds. The minimum Gasteiger partial charge on any atom is -0.395 e. The Bertz CT molecular complexity index is 448. The van der Waals surface area contributed by atoms with Crippen LogP contribution in [0.4, 0.5) is 24.9 Å². The number of nitrogens with zero attached hydrogens (tertiary/aromatic N) is 3. The van der Waals surface area contributed by atoms with E-state index in [0.717, 1.165) is 25.3 Å². The van der Waals surface area contributed by atoms with Gasteiger partial charge in [-0.3, -0.25) is 0 Å². The van der Waals surface area contributed by atoms with Gasteiger partial charge in [0.2, 0.25) is 5.95 Å². The van der Waals surface area contributed by atoms with Crippen LogP contribution in [0, 0.1) is 0 Å². The molecule has 1 aromatic heterocycles. The van der Waals surface area contributed by atoms with Crippen LogP contribution in [-0.2, 0) is 6.18 Å². The second-order valence-electron chi connectivity index (χ2n) is 4.47. The van der Waals surface area contributed by atoms with Gasteiger partial charge in [-0.2, -0.15) is 18.2 Å². The highest BCUT2D eigenvalue weighted by Gasteiger charge is 2.35. The average Bonchev–Trinajstić information content (AvgIpc) is 2.24. The fourth-order valence-corrected chi connectivity index (χ4v) is 2.04. The number of halogens is 3. The standard InChI is InChI=1S/C11H15F3N4O/c12-11(13,14)8-6-9(17-10(15)16-8)18(4-5-19)7-2-1-3-7/h6-7,19H,1-5H2,(H2,15,16,17). The fraction of sp³-hybridized carbons (Fsp3) is 0.636. The third-order valence-electron chi connectivity index (χ3n) is 3.17. The molecular weight excluding hydrogens is 261 g/mol. The van der Waals surface area contributed by atoms with Crippen molar-refractivity contribution in [1.29, 1.82) is 0 Å². The number of aliphatic hydroxyl groups is 1. The summed E-state index contributed by atoms with van der Waals surface area (Å²) in [5.74, 6) is -0.286. The maximum Gasteiger partial charge on any atom is 0.433 e. The molecule has 1 heterocycles. The number of aromatic nitrogens is 2. The van der Waals surface area contributed by atoms with E-state index in [2.05, 4.69) is 9.97 Å². The zero-order valence-corrected chi connectivity index (χ0v) is 10.2. The molecule has 0 atom stereocenters. The van der Waals surface area contributed by atoms with Crippen LogP contribution in [0.3, 0.4) is 0 Å².